The van der Waals surface area contributed by atoms with E-state index in [0.717, 1.165) is 29.5 Å². The van der Waals surface area contributed by atoms with Crippen molar-refractivity contribution in [3.8, 4) is 0 Å². The van der Waals surface area contributed by atoms with Crippen LogP contribution in [0.25, 0.3) is 0 Å². The molecule has 3 amide bonds. The molecule has 0 aliphatic carbocycles. The highest BCUT2D eigenvalue weighted by Gasteiger charge is 2.45. The van der Waals surface area contributed by atoms with Crippen molar-refractivity contribution in [1.82, 2.24) is 4.90 Å². The van der Waals surface area contributed by atoms with Crippen LogP contribution in [0, 0.1) is 15.9 Å². The van der Waals surface area contributed by atoms with E-state index in [1.54, 1.807) is 0 Å². The first-order valence-corrected chi connectivity index (χ1v) is 10.1. The molecule has 4 rings (SSSR count). The maximum absolute atomic E-state index is 13.4. The molecule has 2 aromatic rings. The molecule has 0 spiro atoms. The summed E-state index contributed by atoms with van der Waals surface area (Å²) in [5.41, 5.74) is -0.00359. The zero-order chi connectivity index (χ0) is 22.8. The highest BCUT2D eigenvalue weighted by molar-refractivity contribution is 6.23. The van der Waals surface area contributed by atoms with E-state index in [1.807, 2.05) is 0 Å². The Morgan fingerprint density at radius 1 is 1.22 bits per heavy atom. The molecule has 2 saturated heterocycles. The molecular weight excluding hydrogens is 421 g/mol. The largest absolute Gasteiger partial charge is 0.376 e. The van der Waals surface area contributed by atoms with E-state index >= 15 is 0 Å². The van der Waals surface area contributed by atoms with Gasteiger partial charge >= 0.3 is 0 Å². The predicted molar refractivity (Wildman–Crippen MR) is 110 cm³/mol. The third-order valence-corrected chi connectivity index (χ3v) is 5.57. The lowest BCUT2D eigenvalue weighted by Crippen LogP contribution is -2.48. The summed E-state index contributed by atoms with van der Waals surface area (Å²) in [5, 5.41) is 11.1. The summed E-state index contributed by atoms with van der Waals surface area (Å²) in [6.07, 6.45) is 0.946. The second kappa shape index (κ2) is 8.83. The number of imide groups is 1. The number of nitrogens with zero attached hydrogens (tertiary/aromatic N) is 3. The molecule has 2 aliphatic heterocycles. The summed E-state index contributed by atoms with van der Waals surface area (Å²) in [6.45, 7) is 0.602. The summed E-state index contributed by atoms with van der Waals surface area (Å²) in [6, 6.07) is 9.05. The van der Waals surface area contributed by atoms with Crippen LogP contribution in [0.1, 0.15) is 29.6 Å². The minimum atomic E-state index is -1.09. The second-order valence-electron chi connectivity index (χ2n) is 7.66. The van der Waals surface area contributed by atoms with Gasteiger partial charge in [0.15, 0.2) is 0 Å². The Labute approximate surface area is 182 Å². The normalized spacial score (nSPS) is 20.6. The number of hydrogen-bond acceptors (Lipinski definition) is 6. The molecule has 0 bridgehead atoms. The molecule has 166 valence electrons. The average Bonchev–Trinajstić information content (AvgIpc) is 3.40. The monoisotopic (exact) mass is 441 g/mol. The van der Waals surface area contributed by atoms with Crippen molar-refractivity contribution in [1.29, 1.82) is 0 Å². The van der Waals surface area contributed by atoms with E-state index in [-0.39, 0.29) is 36.0 Å². The highest BCUT2D eigenvalue weighted by atomic mass is 19.1. The number of amides is 3. The Balaban J connectivity index is 1.65. The van der Waals surface area contributed by atoms with Crippen LogP contribution in [0.15, 0.2) is 48.5 Å². The minimum absolute atomic E-state index is 0.0395. The van der Waals surface area contributed by atoms with Gasteiger partial charge in [-0.05, 0) is 43.2 Å². The summed E-state index contributed by atoms with van der Waals surface area (Å²) < 4.78 is 18.9. The van der Waals surface area contributed by atoms with Gasteiger partial charge < -0.3 is 9.64 Å². The molecule has 2 heterocycles. The standard InChI is InChI=1S/C22H20FN3O6/c23-15-6-8-16(9-7-15)25-20(27)12-19(22(25)29)24(13-18-5-2-10-32-18)21(28)14-3-1-4-17(11-14)26(30)31/h1,3-4,6-9,11,18-19H,2,5,10,12-13H2. The van der Waals surface area contributed by atoms with Crippen LogP contribution in [0.3, 0.4) is 0 Å². The zero-order valence-electron chi connectivity index (χ0n) is 17.0. The maximum Gasteiger partial charge on any atom is 0.270 e. The molecule has 0 radical (unpaired) electrons. The van der Waals surface area contributed by atoms with Crippen molar-refractivity contribution >= 4 is 29.1 Å². The number of non-ortho nitro benzene ring substituents is 1. The number of benzene rings is 2. The molecule has 0 saturated carbocycles. The number of rotatable bonds is 6. The molecule has 10 heteroatoms. The van der Waals surface area contributed by atoms with Gasteiger partial charge in [0.05, 0.1) is 23.1 Å². The summed E-state index contributed by atoms with van der Waals surface area (Å²) in [4.78, 5) is 51.9. The lowest BCUT2D eigenvalue weighted by molar-refractivity contribution is -0.384. The zero-order valence-corrected chi connectivity index (χ0v) is 17.0. The first-order chi connectivity index (χ1) is 15.3. The minimum Gasteiger partial charge on any atom is -0.376 e. The van der Waals surface area contributed by atoms with Gasteiger partial charge in [0.1, 0.15) is 11.9 Å². The van der Waals surface area contributed by atoms with E-state index in [0.29, 0.717) is 13.0 Å². The SMILES string of the molecule is O=C1CC(N(CC2CCCO2)C(=O)c2cccc([N+](=O)[O-])c2)C(=O)N1c1ccc(F)cc1. The Kier molecular flexibility index (Phi) is 5.95. The van der Waals surface area contributed by atoms with Crippen molar-refractivity contribution in [3.05, 3.63) is 70.0 Å². The van der Waals surface area contributed by atoms with Gasteiger partial charge in [0.2, 0.25) is 5.91 Å². The van der Waals surface area contributed by atoms with Crippen LogP contribution in [0.4, 0.5) is 15.8 Å². The number of halogens is 1. The molecule has 2 atom stereocenters. The van der Waals surface area contributed by atoms with Gasteiger partial charge in [-0.25, -0.2) is 9.29 Å². The molecule has 2 aliphatic rings. The van der Waals surface area contributed by atoms with Crippen LogP contribution < -0.4 is 4.90 Å². The molecule has 2 aromatic carbocycles. The molecule has 0 aromatic heterocycles. The summed E-state index contributed by atoms with van der Waals surface area (Å²) in [7, 11) is 0. The quantitative estimate of drug-likeness (QED) is 0.387. The number of nitro benzene ring substituents is 1. The van der Waals surface area contributed by atoms with Crippen molar-refractivity contribution in [2.75, 3.05) is 18.1 Å². The first kappa shape index (κ1) is 21.6. The number of nitro groups is 1. The first-order valence-electron chi connectivity index (χ1n) is 10.1. The van der Waals surface area contributed by atoms with Crippen molar-refractivity contribution < 1.29 is 28.4 Å². The van der Waals surface area contributed by atoms with E-state index in [1.165, 1.54) is 35.2 Å². The van der Waals surface area contributed by atoms with Crippen molar-refractivity contribution in [2.45, 2.75) is 31.4 Å². The fourth-order valence-corrected chi connectivity index (χ4v) is 4.00. The molecule has 32 heavy (non-hydrogen) atoms. The summed E-state index contributed by atoms with van der Waals surface area (Å²) >= 11 is 0. The molecular formula is C22H20FN3O6. The number of anilines is 1. The molecule has 9 nitrogen and oxygen atoms in total. The van der Waals surface area contributed by atoms with Crippen molar-refractivity contribution in [2.24, 2.45) is 0 Å². The van der Waals surface area contributed by atoms with Crippen LogP contribution in [-0.4, -0.2) is 52.8 Å². The number of hydrogen-bond donors (Lipinski definition) is 0. The van der Waals surface area contributed by atoms with Crippen LogP contribution in [-0.2, 0) is 14.3 Å². The number of ether oxygens (including phenoxy) is 1. The van der Waals surface area contributed by atoms with Crippen LogP contribution in [0.2, 0.25) is 0 Å². The van der Waals surface area contributed by atoms with Gasteiger partial charge in [-0.2, -0.15) is 0 Å². The van der Waals surface area contributed by atoms with E-state index < -0.39 is 34.5 Å². The third-order valence-electron chi connectivity index (χ3n) is 5.57. The van der Waals surface area contributed by atoms with Crippen LogP contribution in [0.5, 0.6) is 0 Å². The lowest BCUT2D eigenvalue weighted by atomic mass is 10.1. The van der Waals surface area contributed by atoms with E-state index in [9.17, 15) is 28.9 Å². The summed E-state index contributed by atoms with van der Waals surface area (Å²) in [5.74, 6) is -2.24. The Bertz CT molecular complexity index is 1070. The Hall–Kier alpha value is -3.66. The fraction of sp³-hybridized carbons (Fsp3) is 0.318. The van der Waals surface area contributed by atoms with Gasteiger partial charge in [-0.15, -0.1) is 0 Å². The maximum atomic E-state index is 13.4. The number of carbonyl (C=O) groups excluding carboxylic acids is 3. The molecule has 2 unspecified atom stereocenters. The molecule has 0 N–H and O–H groups in total. The smallest absolute Gasteiger partial charge is 0.270 e. The van der Waals surface area contributed by atoms with Gasteiger partial charge in [-0.3, -0.25) is 24.5 Å². The van der Waals surface area contributed by atoms with E-state index in [2.05, 4.69) is 0 Å². The van der Waals surface area contributed by atoms with Crippen molar-refractivity contribution in [3.63, 3.8) is 0 Å². The molecule has 2 fully saturated rings. The third kappa shape index (κ3) is 4.22. The highest BCUT2D eigenvalue weighted by Crippen LogP contribution is 2.28. The van der Waals surface area contributed by atoms with Gasteiger partial charge in [0, 0.05) is 30.8 Å². The van der Waals surface area contributed by atoms with Gasteiger partial charge in [0.25, 0.3) is 17.5 Å². The average molecular weight is 441 g/mol. The second-order valence-corrected chi connectivity index (χ2v) is 7.66. The van der Waals surface area contributed by atoms with Gasteiger partial charge in [-0.1, -0.05) is 6.07 Å². The number of carbonyl (C=O) groups is 3. The van der Waals surface area contributed by atoms with E-state index in [4.69, 9.17) is 4.74 Å². The predicted octanol–water partition coefficient (Wildman–Crippen LogP) is 2.69. The Morgan fingerprint density at radius 3 is 2.62 bits per heavy atom. The fourth-order valence-electron chi connectivity index (χ4n) is 4.00. The topological polar surface area (TPSA) is 110 Å². The lowest BCUT2D eigenvalue weighted by Gasteiger charge is -2.29. The Morgan fingerprint density at radius 2 is 1.97 bits per heavy atom. The van der Waals surface area contributed by atoms with Crippen LogP contribution >= 0.6 is 0 Å².